The van der Waals surface area contributed by atoms with Crippen molar-refractivity contribution in [1.82, 2.24) is 0 Å². The Morgan fingerprint density at radius 1 is 0.484 bits per heavy atom. The van der Waals surface area contributed by atoms with Gasteiger partial charge in [0, 0.05) is 23.7 Å². The van der Waals surface area contributed by atoms with E-state index >= 15 is 0 Å². The van der Waals surface area contributed by atoms with Gasteiger partial charge in [-0.05, 0) is 23.7 Å². The van der Waals surface area contributed by atoms with Gasteiger partial charge in [-0.25, -0.2) is 0 Å². The monoisotopic (exact) mass is 438 g/mol. The Balaban J connectivity index is 1.61. The van der Waals surface area contributed by atoms with E-state index in [1.165, 1.54) is 25.7 Å². The molecule has 4 aliphatic heterocycles. The van der Waals surface area contributed by atoms with Crippen LogP contribution in [-0.4, -0.2) is 65.1 Å². The SMILES string of the molecule is CCC(C1COC1)C(OC(C(CC)C1COC1)C(CC)C1COC1)C(CC)C1COC1. The third kappa shape index (κ3) is 5.01. The van der Waals surface area contributed by atoms with E-state index in [9.17, 15) is 0 Å². The Labute approximate surface area is 189 Å². The minimum absolute atomic E-state index is 0.299. The molecular weight excluding hydrogens is 392 g/mol. The van der Waals surface area contributed by atoms with E-state index in [4.69, 9.17) is 23.7 Å². The molecule has 0 aliphatic carbocycles. The predicted octanol–water partition coefficient (Wildman–Crippen LogP) is 4.43. The van der Waals surface area contributed by atoms with Crippen LogP contribution in [-0.2, 0) is 23.7 Å². The fourth-order valence-corrected chi connectivity index (χ4v) is 6.56. The van der Waals surface area contributed by atoms with Crippen molar-refractivity contribution in [2.45, 2.75) is 65.6 Å². The first-order chi connectivity index (χ1) is 15.2. The molecule has 0 aromatic rings. The Morgan fingerprint density at radius 2 is 0.710 bits per heavy atom. The lowest BCUT2D eigenvalue weighted by molar-refractivity contribution is -0.214. The zero-order valence-corrected chi connectivity index (χ0v) is 20.3. The van der Waals surface area contributed by atoms with Crippen LogP contribution in [0.2, 0.25) is 0 Å². The maximum atomic E-state index is 7.47. The fraction of sp³-hybridized carbons (Fsp3) is 1.00. The molecule has 4 atom stereocenters. The van der Waals surface area contributed by atoms with Gasteiger partial charge in [0.05, 0.1) is 65.1 Å². The predicted molar refractivity (Wildman–Crippen MR) is 121 cm³/mol. The maximum absolute atomic E-state index is 7.47. The number of hydrogen-bond donors (Lipinski definition) is 0. The molecule has 0 N–H and O–H groups in total. The molecule has 4 aliphatic rings. The van der Waals surface area contributed by atoms with Crippen molar-refractivity contribution < 1.29 is 23.7 Å². The van der Waals surface area contributed by atoms with Gasteiger partial charge in [0.1, 0.15) is 0 Å². The number of ether oxygens (including phenoxy) is 5. The molecule has 4 saturated heterocycles. The average Bonchev–Trinajstić information content (AvgIpc) is 2.62. The standard InChI is InChI=1S/C26H46O5/c1-5-21(17-9-27-10-17)25(22(6-2)18-11-28-12-18)31-26(23(7-3)19-13-29-14-19)24(8-4)20-15-30-16-20/h17-26H,5-16H2,1-4H3. The van der Waals surface area contributed by atoms with Crippen LogP contribution in [0.1, 0.15) is 53.4 Å². The van der Waals surface area contributed by atoms with Crippen molar-refractivity contribution in [3.63, 3.8) is 0 Å². The molecule has 4 unspecified atom stereocenters. The summed E-state index contributed by atoms with van der Waals surface area (Å²) in [5.41, 5.74) is 0. The van der Waals surface area contributed by atoms with Crippen LogP contribution in [0.4, 0.5) is 0 Å². The molecule has 180 valence electrons. The summed E-state index contributed by atoms with van der Waals surface area (Å²) in [4.78, 5) is 0. The second-order valence-electron chi connectivity index (χ2n) is 10.5. The van der Waals surface area contributed by atoms with E-state index in [0.717, 1.165) is 52.9 Å². The highest BCUT2D eigenvalue weighted by Crippen LogP contribution is 2.44. The van der Waals surface area contributed by atoms with Crippen molar-refractivity contribution in [2.75, 3.05) is 52.9 Å². The van der Waals surface area contributed by atoms with Crippen molar-refractivity contribution >= 4 is 0 Å². The quantitative estimate of drug-likeness (QED) is 0.401. The highest BCUT2D eigenvalue weighted by Gasteiger charge is 2.47. The van der Waals surface area contributed by atoms with E-state index in [2.05, 4.69) is 27.7 Å². The van der Waals surface area contributed by atoms with Crippen LogP contribution in [0.3, 0.4) is 0 Å². The van der Waals surface area contributed by atoms with Gasteiger partial charge in [-0.15, -0.1) is 0 Å². The first-order valence-electron chi connectivity index (χ1n) is 13.2. The fourth-order valence-electron chi connectivity index (χ4n) is 6.56. The smallest absolute Gasteiger partial charge is 0.0643 e. The Kier molecular flexibility index (Phi) is 8.72. The first-order valence-corrected chi connectivity index (χ1v) is 13.2. The topological polar surface area (TPSA) is 46.2 Å². The molecule has 4 fully saturated rings. The molecule has 0 bridgehead atoms. The summed E-state index contributed by atoms with van der Waals surface area (Å²) < 4.78 is 30.0. The van der Waals surface area contributed by atoms with E-state index in [1.54, 1.807) is 0 Å². The maximum Gasteiger partial charge on any atom is 0.0643 e. The van der Waals surface area contributed by atoms with Crippen LogP contribution >= 0.6 is 0 Å². The van der Waals surface area contributed by atoms with E-state index in [-0.39, 0.29) is 0 Å². The molecule has 5 heteroatoms. The van der Waals surface area contributed by atoms with Crippen LogP contribution in [0.5, 0.6) is 0 Å². The lowest BCUT2D eigenvalue weighted by Crippen LogP contribution is -2.54. The lowest BCUT2D eigenvalue weighted by atomic mass is 9.71. The molecule has 5 nitrogen and oxygen atoms in total. The summed E-state index contributed by atoms with van der Waals surface area (Å²) in [7, 11) is 0. The van der Waals surface area contributed by atoms with Crippen molar-refractivity contribution in [1.29, 1.82) is 0 Å². The molecule has 4 rings (SSSR count). The minimum atomic E-state index is 0.299. The zero-order chi connectivity index (χ0) is 21.8. The highest BCUT2D eigenvalue weighted by molar-refractivity contribution is 4.94. The summed E-state index contributed by atoms with van der Waals surface area (Å²) in [5.74, 6) is 4.88. The van der Waals surface area contributed by atoms with Gasteiger partial charge in [-0.3, -0.25) is 0 Å². The largest absolute Gasteiger partial charge is 0.381 e. The minimum Gasteiger partial charge on any atom is -0.381 e. The van der Waals surface area contributed by atoms with Gasteiger partial charge < -0.3 is 23.7 Å². The van der Waals surface area contributed by atoms with Gasteiger partial charge in [-0.2, -0.15) is 0 Å². The molecule has 0 aromatic heterocycles. The van der Waals surface area contributed by atoms with Crippen molar-refractivity contribution in [3.8, 4) is 0 Å². The summed E-state index contributed by atoms with van der Waals surface area (Å²) in [6.45, 7) is 16.7. The summed E-state index contributed by atoms with van der Waals surface area (Å²) >= 11 is 0. The van der Waals surface area contributed by atoms with Crippen LogP contribution in [0.15, 0.2) is 0 Å². The molecule has 0 aromatic carbocycles. The third-order valence-electron chi connectivity index (χ3n) is 8.97. The van der Waals surface area contributed by atoms with Crippen LogP contribution in [0.25, 0.3) is 0 Å². The molecule has 31 heavy (non-hydrogen) atoms. The summed E-state index contributed by atoms with van der Waals surface area (Å²) in [6, 6.07) is 0. The Bertz CT molecular complexity index is 436. The molecule has 0 spiro atoms. The lowest BCUT2D eigenvalue weighted by Gasteiger charge is -2.50. The van der Waals surface area contributed by atoms with Crippen LogP contribution in [0, 0.1) is 47.3 Å². The Hall–Kier alpha value is -0.200. The summed E-state index contributed by atoms with van der Waals surface area (Å²) in [5, 5.41) is 0. The molecule has 0 saturated carbocycles. The van der Waals surface area contributed by atoms with Crippen molar-refractivity contribution in [3.05, 3.63) is 0 Å². The number of hydrogen-bond acceptors (Lipinski definition) is 5. The van der Waals surface area contributed by atoms with Gasteiger partial charge in [-0.1, -0.05) is 53.4 Å². The van der Waals surface area contributed by atoms with E-state index in [1.807, 2.05) is 0 Å². The zero-order valence-electron chi connectivity index (χ0n) is 20.3. The van der Waals surface area contributed by atoms with Gasteiger partial charge in [0.15, 0.2) is 0 Å². The first kappa shape index (κ1) is 23.9. The van der Waals surface area contributed by atoms with E-state index in [0.29, 0.717) is 59.6 Å². The second-order valence-corrected chi connectivity index (χ2v) is 10.5. The molecule has 0 amide bonds. The van der Waals surface area contributed by atoms with Gasteiger partial charge in [0.25, 0.3) is 0 Å². The van der Waals surface area contributed by atoms with Gasteiger partial charge >= 0.3 is 0 Å². The normalized spacial score (nSPS) is 29.0. The van der Waals surface area contributed by atoms with Crippen molar-refractivity contribution in [2.24, 2.45) is 47.3 Å². The molecule has 0 radical (unpaired) electrons. The summed E-state index contributed by atoms with van der Waals surface area (Å²) in [6.07, 6.45) is 5.27. The highest BCUT2D eigenvalue weighted by atomic mass is 16.5. The van der Waals surface area contributed by atoms with Crippen LogP contribution < -0.4 is 0 Å². The van der Waals surface area contributed by atoms with Gasteiger partial charge in [0.2, 0.25) is 0 Å². The second kappa shape index (κ2) is 11.3. The molecule has 4 heterocycles. The average molecular weight is 439 g/mol. The third-order valence-corrected chi connectivity index (χ3v) is 8.97. The Morgan fingerprint density at radius 3 is 0.839 bits per heavy atom. The molecular formula is C26H46O5. The number of rotatable bonds is 14. The van der Waals surface area contributed by atoms with E-state index < -0.39 is 0 Å².